The van der Waals surface area contributed by atoms with Crippen molar-refractivity contribution in [3.8, 4) is 0 Å². The zero-order valence-electron chi connectivity index (χ0n) is 17.3. The first-order chi connectivity index (χ1) is 13.8. The average molecular weight is 390 g/mol. The molecule has 2 heterocycles. The lowest BCUT2D eigenvalue weighted by atomic mass is 10.1. The van der Waals surface area contributed by atoms with Gasteiger partial charge in [-0.2, -0.15) is 0 Å². The molecule has 0 bridgehead atoms. The fraction of sp³-hybridized carbons (Fsp3) is 0.348. The van der Waals surface area contributed by atoms with Crippen LogP contribution >= 0.6 is 0 Å². The molecular formula is C23H26N4O2. The van der Waals surface area contributed by atoms with Gasteiger partial charge in [-0.15, -0.1) is 0 Å². The van der Waals surface area contributed by atoms with Crippen molar-refractivity contribution >= 4 is 22.8 Å². The van der Waals surface area contributed by atoms with Crippen LogP contribution in [0, 0.1) is 13.8 Å². The molecule has 0 atom stereocenters. The summed E-state index contributed by atoms with van der Waals surface area (Å²) in [6.45, 7) is 9.97. The Morgan fingerprint density at radius 2 is 1.93 bits per heavy atom. The van der Waals surface area contributed by atoms with Crippen LogP contribution in [0.1, 0.15) is 51.5 Å². The van der Waals surface area contributed by atoms with E-state index in [1.165, 1.54) is 5.56 Å². The van der Waals surface area contributed by atoms with Crippen LogP contribution in [-0.4, -0.2) is 38.9 Å². The Morgan fingerprint density at radius 1 is 1.14 bits per heavy atom. The number of aromatic nitrogens is 2. The molecule has 29 heavy (non-hydrogen) atoms. The van der Waals surface area contributed by atoms with Gasteiger partial charge >= 0.3 is 0 Å². The predicted octanol–water partition coefficient (Wildman–Crippen LogP) is 3.45. The fourth-order valence-corrected chi connectivity index (χ4v) is 3.86. The molecular weight excluding hydrogens is 364 g/mol. The molecule has 0 spiro atoms. The molecule has 1 aliphatic rings. The Kier molecular flexibility index (Phi) is 4.86. The third-order valence-electron chi connectivity index (χ3n) is 5.59. The Hall–Kier alpha value is -3.15. The number of benzene rings is 2. The first-order valence-corrected chi connectivity index (χ1v) is 10.0. The number of amides is 2. The Balaban J connectivity index is 1.57. The highest BCUT2D eigenvalue weighted by Gasteiger charge is 2.29. The third-order valence-corrected chi connectivity index (χ3v) is 5.59. The average Bonchev–Trinajstić information content (AvgIpc) is 3.07. The van der Waals surface area contributed by atoms with Crippen LogP contribution < -0.4 is 5.32 Å². The van der Waals surface area contributed by atoms with Gasteiger partial charge in [0, 0.05) is 31.2 Å². The van der Waals surface area contributed by atoms with Crippen molar-refractivity contribution in [3.05, 3.63) is 64.5 Å². The van der Waals surface area contributed by atoms with E-state index in [0.717, 1.165) is 16.6 Å². The number of imidazole rings is 1. The molecule has 0 saturated heterocycles. The predicted molar refractivity (Wildman–Crippen MR) is 113 cm³/mol. The van der Waals surface area contributed by atoms with Gasteiger partial charge in [0.05, 0.1) is 11.0 Å². The van der Waals surface area contributed by atoms with Crippen LogP contribution in [0.2, 0.25) is 0 Å². The lowest BCUT2D eigenvalue weighted by Crippen LogP contribution is -2.44. The summed E-state index contributed by atoms with van der Waals surface area (Å²) in [7, 11) is 0. The molecule has 3 aromatic rings. The summed E-state index contributed by atoms with van der Waals surface area (Å²) >= 11 is 0. The summed E-state index contributed by atoms with van der Waals surface area (Å²) in [6.07, 6.45) is 0. The van der Waals surface area contributed by atoms with Gasteiger partial charge in [0.2, 0.25) is 0 Å². The highest BCUT2D eigenvalue weighted by Crippen LogP contribution is 2.23. The molecule has 0 fully saturated rings. The number of nitrogens with one attached hydrogen (secondary N) is 1. The summed E-state index contributed by atoms with van der Waals surface area (Å²) in [5, 5.41) is 2.99. The maximum Gasteiger partial charge on any atom is 0.290 e. The number of nitrogens with zero attached hydrogens (tertiary/aromatic N) is 3. The zero-order chi connectivity index (χ0) is 20.7. The van der Waals surface area contributed by atoms with Crippen LogP contribution in [0.4, 0.5) is 0 Å². The Morgan fingerprint density at radius 3 is 2.69 bits per heavy atom. The maximum atomic E-state index is 12.7. The minimum atomic E-state index is -0.145. The number of carbonyl (C=O) groups excluding carboxylic acids is 2. The van der Waals surface area contributed by atoms with E-state index in [1.807, 2.05) is 43.2 Å². The number of aryl methyl sites for hydroxylation is 2. The fourth-order valence-electron chi connectivity index (χ4n) is 3.86. The molecule has 150 valence electrons. The van der Waals surface area contributed by atoms with Crippen molar-refractivity contribution in [3.63, 3.8) is 0 Å². The summed E-state index contributed by atoms with van der Waals surface area (Å²) in [5.41, 5.74) is 5.55. The van der Waals surface area contributed by atoms with Gasteiger partial charge < -0.3 is 14.8 Å². The van der Waals surface area contributed by atoms with Gasteiger partial charge in [-0.25, -0.2) is 4.98 Å². The van der Waals surface area contributed by atoms with E-state index in [0.29, 0.717) is 36.5 Å². The summed E-state index contributed by atoms with van der Waals surface area (Å²) in [4.78, 5) is 31.8. The van der Waals surface area contributed by atoms with Gasteiger partial charge in [0.15, 0.2) is 5.82 Å². The second-order valence-electron chi connectivity index (χ2n) is 8.00. The number of carbonyl (C=O) groups is 2. The van der Waals surface area contributed by atoms with E-state index in [4.69, 9.17) is 0 Å². The maximum absolute atomic E-state index is 12.7. The standard InChI is InChI=1S/C23H26N4O2/c1-14(2)26-9-10-27-20-8-7-17(12-19(20)25-21(27)23(26)29)22(28)24-13-18-11-15(3)5-6-16(18)4/h5-8,11-12,14H,9-10,13H2,1-4H3,(H,24,28). The van der Waals surface area contributed by atoms with Crippen molar-refractivity contribution in [1.82, 2.24) is 19.8 Å². The van der Waals surface area contributed by atoms with Crippen LogP contribution in [0.3, 0.4) is 0 Å². The topological polar surface area (TPSA) is 67.2 Å². The molecule has 4 rings (SSSR count). The van der Waals surface area contributed by atoms with Crippen molar-refractivity contribution in [2.45, 2.75) is 46.8 Å². The highest BCUT2D eigenvalue weighted by molar-refractivity contribution is 6.00. The van der Waals surface area contributed by atoms with Crippen LogP contribution in [0.25, 0.3) is 11.0 Å². The molecule has 1 aromatic heterocycles. The molecule has 0 saturated carbocycles. The number of hydrogen-bond donors (Lipinski definition) is 1. The van der Waals surface area contributed by atoms with Crippen molar-refractivity contribution < 1.29 is 9.59 Å². The molecule has 6 nitrogen and oxygen atoms in total. The second-order valence-corrected chi connectivity index (χ2v) is 8.00. The van der Waals surface area contributed by atoms with Crippen LogP contribution in [0.15, 0.2) is 36.4 Å². The van der Waals surface area contributed by atoms with Crippen LogP contribution in [0.5, 0.6) is 0 Å². The van der Waals surface area contributed by atoms with E-state index < -0.39 is 0 Å². The van der Waals surface area contributed by atoms with E-state index in [1.54, 1.807) is 12.1 Å². The zero-order valence-corrected chi connectivity index (χ0v) is 17.3. The van der Waals surface area contributed by atoms with Crippen molar-refractivity contribution in [2.24, 2.45) is 0 Å². The van der Waals surface area contributed by atoms with Crippen molar-refractivity contribution in [1.29, 1.82) is 0 Å². The molecule has 1 N–H and O–H groups in total. The lowest BCUT2D eigenvalue weighted by molar-refractivity contribution is 0.0643. The molecule has 0 unspecified atom stereocenters. The monoisotopic (exact) mass is 390 g/mol. The minimum absolute atomic E-state index is 0.0524. The van der Waals surface area contributed by atoms with Gasteiger partial charge in [0.1, 0.15) is 0 Å². The molecule has 2 amide bonds. The molecule has 6 heteroatoms. The highest BCUT2D eigenvalue weighted by atomic mass is 16.2. The van der Waals surface area contributed by atoms with E-state index >= 15 is 0 Å². The van der Waals surface area contributed by atoms with Gasteiger partial charge in [-0.1, -0.05) is 23.8 Å². The molecule has 1 aliphatic heterocycles. The molecule has 2 aromatic carbocycles. The van der Waals surface area contributed by atoms with E-state index in [2.05, 4.69) is 28.5 Å². The normalized spacial score (nSPS) is 13.8. The number of fused-ring (bicyclic) bond motifs is 3. The first-order valence-electron chi connectivity index (χ1n) is 10.0. The molecule has 0 radical (unpaired) electrons. The third kappa shape index (κ3) is 3.50. The van der Waals surface area contributed by atoms with E-state index in [-0.39, 0.29) is 17.9 Å². The number of hydrogen-bond acceptors (Lipinski definition) is 3. The summed E-state index contributed by atoms with van der Waals surface area (Å²) < 4.78 is 1.95. The van der Waals surface area contributed by atoms with Gasteiger partial charge in [0.25, 0.3) is 11.8 Å². The van der Waals surface area contributed by atoms with Crippen LogP contribution in [-0.2, 0) is 13.1 Å². The minimum Gasteiger partial charge on any atom is -0.348 e. The summed E-state index contributed by atoms with van der Waals surface area (Å²) in [5.74, 6) is 0.255. The lowest BCUT2D eigenvalue weighted by Gasteiger charge is -2.30. The first kappa shape index (κ1) is 19.2. The second kappa shape index (κ2) is 7.35. The number of rotatable bonds is 4. The SMILES string of the molecule is Cc1ccc(C)c(CNC(=O)c2ccc3c(c2)nc2n3CCN(C(C)C)C2=O)c1. The largest absolute Gasteiger partial charge is 0.348 e. The van der Waals surface area contributed by atoms with Crippen molar-refractivity contribution in [2.75, 3.05) is 6.54 Å². The summed E-state index contributed by atoms with van der Waals surface area (Å²) in [6, 6.07) is 11.8. The quantitative estimate of drug-likeness (QED) is 0.742. The smallest absolute Gasteiger partial charge is 0.290 e. The Labute approximate surface area is 170 Å². The van der Waals surface area contributed by atoms with Gasteiger partial charge in [-0.05, 0) is 57.0 Å². The van der Waals surface area contributed by atoms with E-state index in [9.17, 15) is 9.59 Å². The Bertz CT molecular complexity index is 1110. The van der Waals surface area contributed by atoms with Gasteiger partial charge in [-0.3, -0.25) is 9.59 Å². The molecule has 0 aliphatic carbocycles.